The Morgan fingerprint density at radius 2 is 1.81 bits per heavy atom. The molecular weight excluding hydrogens is 477 g/mol. The minimum absolute atomic E-state index is 0.100. The molecule has 0 aromatic heterocycles. The highest BCUT2D eigenvalue weighted by Crippen LogP contribution is 2.29. The van der Waals surface area contributed by atoms with Crippen LogP contribution in [0.15, 0.2) is 67.3 Å². The second-order valence-electron chi connectivity index (χ2n) is 8.28. The molecule has 0 aliphatic carbocycles. The van der Waals surface area contributed by atoms with Gasteiger partial charge in [0, 0.05) is 24.9 Å². The molecule has 2 aromatic rings. The molecule has 3 rings (SSSR count). The summed E-state index contributed by atoms with van der Waals surface area (Å²) in [7, 11) is 0. The maximum Gasteiger partial charge on any atom is 0.416 e. The third-order valence-electron chi connectivity index (χ3n) is 5.60. The lowest BCUT2D eigenvalue weighted by Gasteiger charge is -2.19. The molecule has 0 bridgehead atoms. The van der Waals surface area contributed by atoms with Gasteiger partial charge in [-0.2, -0.15) is 13.2 Å². The molecule has 36 heavy (non-hydrogen) atoms. The van der Waals surface area contributed by atoms with Crippen molar-refractivity contribution in [1.29, 1.82) is 0 Å². The largest absolute Gasteiger partial charge is 0.445 e. The van der Waals surface area contributed by atoms with Crippen molar-refractivity contribution in [2.45, 2.75) is 37.8 Å². The van der Waals surface area contributed by atoms with Gasteiger partial charge in [-0.3, -0.25) is 9.59 Å². The number of likely N-dealkylation sites (tertiary alicyclic amines) is 1. The van der Waals surface area contributed by atoms with E-state index in [2.05, 4.69) is 11.9 Å². The SMILES string of the molecule is C=CCO[C@@H]1CN(C(=O)OCc2ccccc2)C[C@H]1NC(=O)CCC(=O)c1cccc(C(F)(F)F)c1. The molecule has 2 amide bonds. The van der Waals surface area contributed by atoms with Crippen LogP contribution in [-0.4, -0.2) is 54.5 Å². The van der Waals surface area contributed by atoms with E-state index in [9.17, 15) is 27.6 Å². The van der Waals surface area contributed by atoms with E-state index < -0.39 is 41.7 Å². The molecule has 1 N–H and O–H groups in total. The topological polar surface area (TPSA) is 84.9 Å². The van der Waals surface area contributed by atoms with Crippen LogP contribution in [0, 0.1) is 0 Å². The zero-order valence-corrected chi connectivity index (χ0v) is 19.5. The first-order valence-corrected chi connectivity index (χ1v) is 11.4. The van der Waals surface area contributed by atoms with Crippen LogP contribution in [0.1, 0.15) is 34.3 Å². The molecule has 192 valence electrons. The first kappa shape index (κ1) is 26.9. The Morgan fingerprint density at radius 3 is 2.50 bits per heavy atom. The van der Waals surface area contributed by atoms with E-state index >= 15 is 0 Å². The van der Waals surface area contributed by atoms with Gasteiger partial charge >= 0.3 is 12.3 Å². The fourth-order valence-electron chi connectivity index (χ4n) is 3.75. The number of hydrogen-bond donors (Lipinski definition) is 1. The Labute approximate surface area is 206 Å². The number of rotatable bonds is 10. The molecule has 7 nitrogen and oxygen atoms in total. The minimum Gasteiger partial charge on any atom is -0.445 e. The van der Waals surface area contributed by atoms with Gasteiger partial charge in [-0.05, 0) is 17.7 Å². The van der Waals surface area contributed by atoms with Crippen LogP contribution in [0.3, 0.4) is 0 Å². The zero-order valence-electron chi connectivity index (χ0n) is 19.5. The summed E-state index contributed by atoms with van der Waals surface area (Å²) in [5.74, 6) is -1.06. The van der Waals surface area contributed by atoms with E-state index in [0.29, 0.717) is 0 Å². The summed E-state index contributed by atoms with van der Waals surface area (Å²) in [4.78, 5) is 38.8. The van der Waals surface area contributed by atoms with Gasteiger partial charge in [-0.25, -0.2) is 4.79 Å². The zero-order chi connectivity index (χ0) is 26.1. The Balaban J connectivity index is 1.53. The number of nitrogens with one attached hydrogen (secondary N) is 1. The number of carbonyl (C=O) groups excluding carboxylic acids is 3. The standard InChI is InChI=1S/C26H27F3N2O5/c1-2-13-35-23-16-31(25(34)36-17-18-7-4-3-5-8-18)15-21(23)30-24(33)12-11-22(32)19-9-6-10-20(14-19)26(27,28)29/h2-10,14,21,23H,1,11-13,15-17H2,(H,30,33)/t21-,23-/m1/s1. The first-order chi connectivity index (χ1) is 17.2. The molecule has 1 saturated heterocycles. The summed E-state index contributed by atoms with van der Waals surface area (Å²) in [6.07, 6.45) is -4.58. The summed E-state index contributed by atoms with van der Waals surface area (Å²) >= 11 is 0. The number of ketones is 1. The van der Waals surface area contributed by atoms with E-state index in [1.165, 1.54) is 11.0 Å². The molecule has 0 saturated carbocycles. The molecule has 1 fully saturated rings. The fraction of sp³-hybridized carbons (Fsp3) is 0.346. The lowest BCUT2D eigenvalue weighted by atomic mass is 10.0. The van der Waals surface area contributed by atoms with Crippen LogP contribution in [-0.2, 0) is 27.1 Å². The normalized spacial score (nSPS) is 17.5. The van der Waals surface area contributed by atoms with Crippen LogP contribution in [0.4, 0.5) is 18.0 Å². The number of hydrogen-bond acceptors (Lipinski definition) is 5. The predicted molar refractivity (Wildman–Crippen MR) is 125 cm³/mol. The van der Waals surface area contributed by atoms with Crippen molar-refractivity contribution in [3.05, 3.63) is 83.9 Å². The van der Waals surface area contributed by atoms with E-state index in [1.54, 1.807) is 6.08 Å². The van der Waals surface area contributed by atoms with Crippen LogP contribution < -0.4 is 5.32 Å². The van der Waals surface area contributed by atoms with Crippen molar-refractivity contribution < 1.29 is 37.0 Å². The number of alkyl halides is 3. The highest BCUT2D eigenvalue weighted by molar-refractivity contribution is 5.98. The summed E-state index contributed by atoms with van der Waals surface area (Å²) < 4.78 is 49.7. The molecule has 0 unspecified atom stereocenters. The summed E-state index contributed by atoms with van der Waals surface area (Å²) in [6, 6.07) is 12.7. The average Bonchev–Trinajstić information content (AvgIpc) is 3.27. The summed E-state index contributed by atoms with van der Waals surface area (Å²) in [6.45, 7) is 4.24. The van der Waals surface area contributed by atoms with Crippen molar-refractivity contribution >= 4 is 17.8 Å². The van der Waals surface area contributed by atoms with Crippen molar-refractivity contribution in [1.82, 2.24) is 10.2 Å². The average molecular weight is 505 g/mol. The van der Waals surface area contributed by atoms with Gasteiger partial charge in [0.2, 0.25) is 5.91 Å². The van der Waals surface area contributed by atoms with Gasteiger partial charge in [0.25, 0.3) is 0 Å². The lowest BCUT2D eigenvalue weighted by molar-refractivity contribution is -0.137. The van der Waals surface area contributed by atoms with Crippen molar-refractivity contribution in [2.24, 2.45) is 0 Å². The predicted octanol–water partition coefficient (Wildman–Crippen LogP) is 4.38. The second kappa shape index (κ2) is 12.3. The van der Waals surface area contributed by atoms with Gasteiger partial charge in [-0.1, -0.05) is 48.5 Å². The lowest BCUT2D eigenvalue weighted by Crippen LogP contribution is -2.44. The molecule has 0 radical (unpaired) electrons. The van der Waals surface area contributed by atoms with Crippen LogP contribution >= 0.6 is 0 Å². The molecular formula is C26H27F3N2O5. The van der Waals surface area contributed by atoms with Gasteiger partial charge in [-0.15, -0.1) is 6.58 Å². The Kier molecular flexibility index (Phi) is 9.24. The minimum atomic E-state index is -4.56. The number of nitrogens with zero attached hydrogens (tertiary/aromatic N) is 1. The fourth-order valence-corrected chi connectivity index (χ4v) is 3.75. The highest BCUT2D eigenvalue weighted by Gasteiger charge is 2.37. The van der Waals surface area contributed by atoms with E-state index in [0.717, 1.165) is 23.8 Å². The Morgan fingerprint density at radius 1 is 1.06 bits per heavy atom. The van der Waals surface area contributed by atoms with Gasteiger partial charge < -0.3 is 19.7 Å². The molecule has 1 heterocycles. The Hall–Kier alpha value is -3.66. The summed E-state index contributed by atoms with van der Waals surface area (Å²) in [5, 5.41) is 2.76. The first-order valence-electron chi connectivity index (χ1n) is 11.4. The molecule has 0 spiro atoms. The summed E-state index contributed by atoms with van der Waals surface area (Å²) in [5.41, 5.74) is -0.206. The van der Waals surface area contributed by atoms with Crippen LogP contribution in [0.2, 0.25) is 0 Å². The third-order valence-corrected chi connectivity index (χ3v) is 5.60. The van der Waals surface area contributed by atoms with Crippen molar-refractivity contribution in [3.63, 3.8) is 0 Å². The van der Waals surface area contributed by atoms with E-state index in [1.807, 2.05) is 30.3 Å². The van der Waals surface area contributed by atoms with Gasteiger partial charge in [0.15, 0.2) is 5.78 Å². The molecule has 1 aliphatic heterocycles. The van der Waals surface area contributed by atoms with Crippen molar-refractivity contribution in [3.8, 4) is 0 Å². The van der Waals surface area contributed by atoms with E-state index in [4.69, 9.17) is 9.47 Å². The number of Topliss-reactive ketones (excluding diaryl/α,β-unsaturated/α-hetero) is 1. The maximum atomic E-state index is 12.9. The quantitative estimate of drug-likeness (QED) is 0.384. The smallest absolute Gasteiger partial charge is 0.416 e. The molecule has 2 aromatic carbocycles. The molecule has 1 aliphatic rings. The number of ether oxygens (including phenoxy) is 2. The molecule has 2 atom stereocenters. The maximum absolute atomic E-state index is 12.9. The number of benzene rings is 2. The second-order valence-corrected chi connectivity index (χ2v) is 8.28. The van der Waals surface area contributed by atoms with Gasteiger partial charge in [0.1, 0.15) is 6.61 Å². The van der Waals surface area contributed by atoms with Crippen LogP contribution in [0.25, 0.3) is 0 Å². The van der Waals surface area contributed by atoms with Crippen molar-refractivity contribution in [2.75, 3.05) is 19.7 Å². The highest BCUT2D eigenvalue weighted by atomic mass is 19.4. The number of amides is 2. The van der Waals surface area contributed by atoms with Gasteiger partial charge in [0.05, 0.1) is 30.9 Å². The van der Waals surface area contributed by atoms with E-state index in [-0.39, 0.29) is 44.7 Å². The number of halogens is 3. The van der Waals surface area contributed by atoms with Crippen LogP contribution in [0.5, 0.6) is 0 Å². The monoisotopic (exact) mass is 504 g/mol. The third kappa shape index (κ3) is 7.67. The Bertz CT molecular complexity index is 1070. The number of carbonyl (C=O) groups is 3. The molecule has 10 heteroatoms.